The second-order valence-corrected chi connectivity index (χ2v) is 9.31. The van der Waals surface area contributed by atoms with Gasteiger partial charge < -0.3 is 4.89 Å². The van der Waals surface area contributed by atoms with E-state index in [-0.39, 0.29) is 0 Å². The molecule has 1 rings (SSSR count). The topological polar surface area (TPSA) is 30.8 Å². The van der Waals surface area contributed by atoms with Gasteiger partial charge in [0, 0.05) is 5.02 Å². The van der Waals surface area contributed by atoms with Gasteiger partial charge in [0.2, 0.25) is 8.32 Å². The number of allylic oxidation sites excluding steroid dienone is 1. The first-order valence-corrected chi connectivity index (χ1v) is 9.00. The van der Waals surface area contributed by atoms with E-state index in [9.17, 15) is 0 Å². The summed E-state index contributed by atoms with van der Waals surface area (Å²) in [5.74, 6) is 0.368. The largest absolute Gasteiger partial charge is 0.348 e. The molecular formula is C12H16ClNO2Si. The summed E-state index contributed by atoms with van der Waals surface area (Å²) in [6.07, 6.45) is 1.51. The van der Waals surface area contributed by atoms with E-state index in [2.05, 4.69) is 11.6 Å². The van der Waals surface area contributed by atoms with Crippen LogP contribution in [0.15, 0.2) is 41.6 Å². The second kappa shape index (κ2) is 6.00. The molecule has 17 heavy (non-hydrogen) atoms. The van der Waals surface area contributed by atoms with Gasteiger partial charge in [-0.3, -0.25) is 4.99 Å². The van der Waals surface area contributed by atoms with Crippen LogP contribution in [-0.4, -0.2) is 14.5 Å². The SMILES string of the molecule is C=C(C=Nc1cccc(Cl)c1)OO[Si](C)(C)C. The summed E-state index contributed by atoms with van der Waals surface area (Å²) in [5, 5.41) is 0.643. The minimum atomic E-state index is -1.70. The van der Waals surface area contributed by atoms with Crippen molar-refractivity contribution in [2.24, 2.45) is 4.99 Å². The smallest absolute Gasteiger partial charge is 0.245 e. The summed E-state index contributed by atoms with van der Waals surface area (Å²) in [5.41, 5.74) is 0.746. The summed E-state index contributed by atoms with van der Waals surface area (Å²) >= 11 is 5.83. The lowest BCUT2D eigenvalue weighted by Gasteiger charge is -2.15. The molecule has 3 nitrogen and oxygen atoms in total. The number of hydrogen-bond acceptors (Lipinski definition) is 3. The van der Waals surface area contributed by atoms with Gasteiger partial charge >= 0.3 is 0 Å². The van der Waals surface area contributed by atoms with Crippen molar-refractivity contribution in [1.29, 1.82) is 0 Å². The number of rotatable bonds is 5. The maximum atomic E-state index is 5.83. The van der Waals surface area contributed by atoms with Crippen molar-refractivity contribution in [3.8, 4) is 0 Å². The Kier molecular flexibility index (Phi) is 4.93. The minimum absolute atomic E-state index is 0.368. The molecule has 92 valence electrons. The van der Waals surface area contributed by atoms with Gasteiger partial charge in [-0.15, -0.1) is 0 Å². The van der Waals surface area contributed by atoms with E-state index in [4.69, 9.17) is 21.1 Å². The maximum Gasteiger partial charge on any atom is 0.245 e. The van der Waals surface area contributed by atoms with Crippen LogP contribution in [0.3, 0.4) is 0 Å². The van der Waals surface area contributed by atoms with Gasteiger partial charge in [-0.05, 0) is 37.8 Å². The van der Waals surface area contributed by atoms with E-state index in [0.29, 0.717) is 10.8 Å². The molecule has 0 fully saturated rings. The minimum Gasteiger partial charge on any atom is -0.348 e. The van der Waals surface area contributed by atoms with Crippen molar-refractivity contribution >= 4 is 31.8 Å². The number of hydrogen-bond donors (Lipinski definition) is 0. The van der Waals surface area contributed by atoms with Crippen molar-refractivity contribution in [1.82, 2.24) is 0 Å². The molecular weight excluding hydrogens is 254 g/mol. The molecule has 0 bridgehead atoms. The average molecular weight is 270 g/mol. The van der Waals surface area contributed by atoms with Crippen molar-refractivity contribution < 1.29 is 9.46 Å². The summed E-state index contributed by atoms with van der Waals surface area (Å²) in [4.78, 5) is 9.21. The van der Waals surface area contributed by atoms with Crippen LogP contribution < -0.4 is 0 Å². The molecule has 0 aliphatic carbocycles. The Morgan fingerprint density at radius 2 is 2.12 bits per heavy atom. The predicted octanol–water partition coefficient (Wildman–Crippen LogP) is 4.34. The van der Waals surface area contributed by atoms with Crippen LogP contribution in [-0.2, 0) is 9.46 Å². The normalized spacial score (nSPS) is 11.8. The molecule has 5 heteroatoms. The Labute approximate surface area is 108 Å². The summed E-state index contributed by atoms with van der Waals surface area (Å²) in [7, 11) is -1.70. The fourth-order valence-electron chi connectivity index (χ4n) is 0.903. The molecule has 0 N–H and O–H groups in total. The monoisotopic (exact) mass is 269 g/mol. The Morgan fingerprint density at radius 1 is 1.41 bits per heavy atom. The molecule has 0 spiro atoms. The second-order valence-electron chi connectivity index (χ2n) is 4.48. The number of nitrogens with zero attached hydrogens (tertiary/aromatic N) is 1. The van der Waals surface area contributed by atoms with Crippen molar-refractivity contribution in [3.05, 3.63) is 41.6 Å². The first kappa shape index (κ1) is 14.0. The van der Waals surface area contributed by atoms with Gasteiger partial charge in [0.25, 0.3) is 0 Å². The molecule has 0 radical (unpaired) electrons. The van der Waals surface area contributed by atoms with Crippen molar-refractivity contribution in [2.45, 2.75) is 19.6 Å². The van der Waals surface area contributed by atoms with Crippen molar-refractivity contribution in [3.63, 3.8) is 0 Å². The highest BCUT2D eigenvalue weighted by atomic mass is 35.5. The van der Waals surface area contributed by atoms with Crippen molar-refractivity contribution in [2.75, 3.05) is 0 Å². The third-order valence-electron chi connectivity index (χ3n) is 1.56. The zero-order valence-corrected chi connectivity index (χ0v) is 12.0. The highest BCUT2D eigenvalue weighted by Crippen LogP contribution is 2.17. The van der Waals surface area contributed by atoms with Crippen LogP contribution in [0.25, 0.3) is 0 Å². The molecule has 0 unspecified atom stereocenters. The highest BCUT2D eigenvalue weighted by molar-refractivity contribution is 6.69. The van der Waals surface area contributed by atoms with Crippen LogP contribution in [0.4, 0.5) is 5.69 Å². The molecule has 0 saturated carbocycles. The molecule has 1 aromatic carbocycles. The quantitative estimate of drug-likeness (QED) is 0.262. The van der Waals surface area contributed by atoms with E-state index < -0.39 is 8.32 Å². The fraction of sp³-hybridized carbons (Fsp3) is 0.250. The van der Waals surface area contributed by atoms with Gasteiger partial charge in [0.15, 0.2) is 5.76 Å². The first-order chi connectivity index (χ1) is 7.87. The van der Waals surface area contributed by atoms with E-state index in [0.717, 1.165) is 5.69 Å². The Morgan fingerprint density at radius 3 is 2.71 bits per heavy atom. The first-order valence-electron chi connectivity index (χ1n) is 5.21. The lowest BCUT2D eigenvalue weighted by atomic mass is 10.3. The predicted molar refractivity (Wildman–Crippen MR) is 74.3 cm³/mol. The van der Waals surface area contributed by atoms with Crippen LogP contribution in [0.5, 0.6) is 0 Å². The lowest BCUT2D eigenvalue weighted by Crippen LogP contribution is -2.25. The molecule has 0 saturated heterocycles. The third-order valence-corrected chi connectivity index (χ3v) is 2.38. The van der Waals surface area contributed by atoms with Crippen LogP contribution >= 0.6 is 11.6 Å². The molecule has 0 heterocycles. The molecule has 1 aromatic rings. The van der Waals surface area contributed by atoms with E-state index in [1.54, 1.807) is 12.1 Å². The number of benzene rings is 1. The van der Waals surface area contributed by atoms with Crippen LogP contribution in [0.2, 0.25) is 24.7 Å². The molecule has 0 aromatic heterocycles. The zero-order chi connectivity index (χ0) is 12.9. The molecule has 0 amide bonds. The molecule has 0 aliphatic rings. The number of aliphatic imine (C=N–C) groups is 1. The number of halogens is 1. The fourth-order valence-corrected chi connectivity index (χ4v) is 1.44. The Balaban J connectivity index is 2.51. The Bertz CT molecular complexity index is 427. The lowest BCUT2D eigenvalue weighted by molar-refractivity contribution is -0.168. The summed E-state index contributed by atoms with van der Waals surface area (Å²) in [6, 6.07) is 7.22. The highest BCUT2D eigenvalue weighted by Gasteiger charge is 2.17. The summed E-state index contributed by atoms with van der Waals surface area (Å²) in [6.45, 7) is 9.75. The molecule has 0 atom stereocenters. The maximum absolute atomic E-state index is 5.83. The van der Waals surface area contributed by atoms with Gasteiger partial charge in [-0.2, -0.15) is 0 Å². The third kappa shape index (κ3) is 6.26. The average Bonchev–Trinajstić information content (AvgIpc) is 2.23. The standard InChI is InChI=1S/C12H16ClNO2Si/c1-10(15-16-17(2,3)4)9-14-12-7-5-6-11(13)8-12/h5-9H,1H2,2-4H3. The van der Waals surface area contributed by atoms with E-state index in [1.807, 2.05) is 31.8 Å². The van der Waals surface area contributed by atoms with Crippen LogP contribution in [0.1, 0.15) is 0 Å². The van der Waals surface area contributed by atoms with E-state index >= 15 is 0 Å². The van der Waals surface area contributed by atoms with Crippen LogP contribution in [0, 0.1) is 0 Å². The van der Waals surface area contributed by atoms with Gasteiger partial charge in [-0.1, -0.05) is 24.2 Å². The van der Waals surface area contributed by atoms with Gasteiger partial charge in [-0.25, -0.2) is 4.58 Å². The zero-order valence-electron chi connectivity index (χ0n) is 10.2. The Hall–Kier alpha value is -1.10. The molecule has 0 aliphatic heterocycles. The van der Waals surface area contributed by atoms with Gasteiger partial charge in [0.1, 0.15) is 0 Å². The van der Waals surface area contributed by atoms with Gasteiger partial charge in [0.05, 0.1) is 11.9 Å². The summed E-state index contributed by atoms with van der Waals surface area (Å²) < 4.78 is 5.23. The van der Waals surface area contributed by atoms with E-state index in [1.165, 1.54) is 6.21 Å².